The lowest BCUT2D eigenvalue weighted by atomic mass is 9.97. The van der Waals surface area contributed by atoms with E-state index < -0.39 is 0 Å². The maximum Gasteiger partial charge on any atom is 0.00765 e. The molecule has 0 aromatic heterocycles. The van der Waals surface area contributed by atoms with Gasteiger partial charge in [-0.3, -0.25) is 0 Å². The van der Waals surface area contributed by atoms with Gasteiger partial charge in [0.05, 0.1) is 0 Å². The Bertz CT molecular complexity index is 109. The van der Waals surface area contributed by atoms with Crippen LogP contribution in [0.3, 0.4) is 0 Å². The molecule has 0 saturated carbocycles. The molecule has 1 aliphatic carbocycles. The van der Waals surface area contributed by atoms with Gasteiger partial charge in [0, 0.05) is 6.04 Å². The minimum atomic E-state index is 0. The summed E-state index contributed by atoms with van der Waals surface area (Å²) in [6.07, 6.45) is 5.73. The Kier molecular flexibility index (Phi) is 3.91. The summed E-state index contributed by atoms with van der Waals surface area (Å²) in [5.41, 5.74) is 7.16. The Balaban J connectivity index is 0.000000640. The molecule has 0 amide bonds. The smallest absolute Gasteiger partial charge is 0.00765 e. The van der Waals surface area contributed by atoms with E-state index in [-0.39, 0.29) is 12.4 Å². The number of rotatable bonds is 0. The first-order valence-corrected chi connectivity index (χ1v) is 3.20. The van der Waals surface area contributed by atoms with E-state index in [0.29, 0.717) is 6.04 Å². The maximum absolute atomic E-state index is 5.65. The molecule has 0 saturated heterocycles. The topological polar surface area (TPSA) is 26.0 Å². The molecule has 0 aromatic carbocycles. The highest BCUT2D eigenvalue weighted by Gasteiger charge is 2.05. The van der Waals surface area contributed by atoms with E-state index in [1.807, 2.05) is 0 Å². The summed E-state index contributed by atoms with van der Waals surface area (Å²) in [7, 11) is 0. The van der Waals surface area contributed by atoms with Crippen molar-refractivity contribution in [3.05, 3.63) is 11.6 Å². The number of nitrogens with two attached hydrogens (primary N) is 1. The molecule has 1 rings (SSSR count). The second-order valence-electron chi connectivity index (χ2n) is 2.58. The van der Waals surface area contributed by atoms with Crippen LogP contribution in [0.15, 0.2) is 11.6 Å². The van der Waals surface area contributed by atoms with Gasteiger partial charge in [0.25, 0.3) is 0 Å². The van der Waals surface area contributed by atoms with Gasteiger partial charge in [-0.1, -0.05) is 11.6 Å². The first-order chi connectivity index (χ1) is 3.79. The van der Waals surface area contributed by atoms with E-state index in [2.05, 4.69) is 13.0 Å². The maximum atomic E-state index is 5.65. The van der Waals surface area contributed by atoms with Crippen molar-refractivity contribution in [2.24, 2.45) is 5.73 Å². The van der Waals surface area contributed by atoms with Crippen molar-refractivity contribution >= 4 is 12.4 Å². The molecule has 1 aliphatic rings. The molecular formula is C7H14ClN. The molecule has 0 radical (unpaired) electrons. The lowest BCUT2D eigenvalue weighted by Crippen LogP contribution is -2.21. The van der Waals surface area contributed by atoms with Crippen molar-refractivity contribution < 1.29 is 0 Å². The zero-order valence-electron chi connectivity index (χ0n) is 5.76. The molecule has 9 heavy (non-hydrogen) atoms. The predicted molar refractivity (Wildman–Crippen MR) is 42.8 cm³/mol. The van der Waals surface area contributed by atoms with Crippen LogP contribution in [-0.4, -0.2) is 6.04 Å². The van der Waals surface area contributed by atoms with E-state index in [1.165, 1.54) is 18.4 Å². The number of hydrogen-bond acceptors (Lipinski definition) is 1. The van der Waals surface area contributed by atoms with Crippen LogP contribution >= 0.6 is 12.4 Å². The minimum Gasteiger partial charge on any atom is -0.327 e. The third-order valence-electron chi connectivity index (χ3n) is 1.68. The number of hydrogen-bond donors (Lipinski definition) is 1. The highest BCUT2D eigenvalue weighted by Crippen LogP contribution is 2.14. The van der Waals surface area contributed by atoms with Crippen molar-refractivity contribution in [2.75, 3.05) is 0 Å². The van der Waals surface area contributed by atoms with Gasteiger partial charge in [0.15, 0.2) is 0 Å². The Labute approximate surface area is 62.7 Å². The standard InChI is InChI=1S/C7H13N.ClH/c1-6-2-4-7(8)5-3-6;/h2,7H,3-5,8H2,1H3;1H/t7-;/m0./s1. The fourth-order valence-corrected chi connectivity index (χ4v) is 0.986. The first kappa shape index (κ1) is 8.99. The zero-order valence-corrected chi connectivity index (χ0v) is 6.58. The fourth-order valence-electron chi connectivity index (χ4n) is 0.986. The second kappa shape index (κ2) is 3.91. The highest BCUT2D eigenvalue weighted by molar-refractivity contribution is 5.85. The summed E-state index contributed by atoms with van der Waals surface area (Å²) in [4.78, 5) is 0. The highest BCUT2D eigenvalue weighted by atomic mass is 35.5. The quantitative estimate of drug-likeness (QED) is 0.521. The van der Waals surface area contributed by atoms with E-state index >= 15 is 0 Å². The molecule has 0 unspecified atom stereocenters. The first-order valence-electron chi connectivity index (χ1n) is 3.20. The monoisotopic (exact) mass is 147 g/mol. The van der Waals surface area contributed by atoms with E-state index in [9.17, 15) is 0 Å². The molecule has 2 heteroatoms. The molecule has 0 bridgehead atoms. The summed E-state index contributed by atoms with van der Waals surface area (Å²) in [6, 6.07) is 0.443. The van der Waals surface area contributed by atoms with E-state index in [1.54, 1.807) is 0 Å². The van der Waals surface area contributed by atoms with Crippen LogP contribution in [0.25, 0.3) is 0 Å². The van der Waals surface area contributed by atoms with Crippen LogP contribution < -0.4 is 5.73 Å². The van der Waals surface area contributed by atoms with Gasteiger partial charge in [0.2, 0.25) is 0 Å². The second-order valence-corrected chi connectivity index (χ2v) is 2.58. The van der Waals surface area contributed by atoms with Crippen molar-refractivity contribution in [2.45, 2.75) is 32.2 Å². The molecular weight excluding hydrogens is 134 g/mol. The van der Waals surface area contributed by atoms with Gasteiger partial charge in [-0.25, -0.2) is 0 Å². The van der Waals surface area contributed by atoms with Crippen molar-refractivity contribution in [1.29, 1.82) is 0 Å². The molecule has 0 fully saturated rings. The third kappa shape index (κ3) is 2.87. The van der Waals surface area contributed by atoms with Crippen LogP contribution in [0.5, 0.6) is 0 Å². The van der Waals surface area contributed by atoms with Gasteiger partial charge in [-0.2, -0.15) is 0 Å². The van der Waals surface area contributed by atoms with Gasteiger partial charge >= 0.3 is 0 Å². The Morgan fingerprint density at radius 3 is 2.67 bits per heavy atom. The fraction of sp³-hybridized carbons (Fsp3) is 0.714. The van der Waals surface area contributed by atoms with E-state index in [4.69, 9.17) is 5.73 Å². The summed E-state index contributed by atoms with van der Waals surface area (Å²) >= 11 is 0. The minimum absolute atomic E-state index is 0. The Morgan fingerprint density at radius 1 is 1.67 bits per heavy atom. The van der Waals surface area contributed by atoms with Crippen LogP contribution in [0.4, 0.5) is 0 Å². The molecule has 0 spiro atoms. The molecule has 0 aromatic rings. The normalized spacial score (nSPS) is 26.4. The van der Waals surface area contributed by atoms with Gasteiger partial charge in [-0.15, -0.1) is 12.4 Å². The van der Waals surface area contributed by atoms with Crippen LogP contribution in [-0.2, 0) is 0 Å². The molecule has 0 heterocycles. The summed E-state index contributed by atoms with van der Waals surface area (Å²) in [5, 5.41) is 0. The van der Waals surface area contributed by atoms with Gasteiger partial charge in [-0.05, 0) is 26.2 Å². The molecule has 1 nitrogen and oxygen atoms in total. The Morgan fingerprint density at radius 2 is 2.33 bits per heavy atom. The zero-order chi connectivity index (χ0) is 5.98. The van der Waals surface area contributed by atoms with Gasteiger partial charge < -0.3 is 5.73 Å². The summed E-state index contributed by atoms with van der Waals surface area (Å²) in [6.45, 7) is 2.17. The lowest BCUT2D eigenvalue weighted by molar-refractivity contribution is 0.590. The summed E-state index contributed by atoms with van der Waals surface area (Å²) in [5.74, 6) is 0. The summed E-state index contributed by atoms with van der Waals surface area (Å²) < 4.78 is 0. The third-order valence-corrected chi connectivity index (χ3v) is 1.68. The van der Waals surface area contributed by atoms with Crippen molar-refractivity contribution in [3.8, 4) is 0 Å². The number of halogens is 1. The SMILES string of the molecule is CC1=CC[C@H](N)CC1.Cl. The van der Waals surface area contributed by atoms with Crippen LogP contribution in [0, 0.1) is 0 Å². The molecule has 2 N–H and O–H groups in total. The lowest BCUT2D eigenvalue weighted by Gasteiger charge is -2.14. The Hall–Kier alpha value is -0.0100. The number of allylic oxidation sites excluding steroid dienone is 1. The van der Waals surface area contributed by atoms with Crippen LogP contribution in [0.2, 0.25) is 0 Å². The average molecular weight is 148 g/mol. The molecule has 54 valence electrons. The van der Waals surface area contributed by atoms with E-state index in [0.717, 1.165) is 6.42 Å². The van der Waals surface area contributed by atoms with Gasteiger partial charge in [0.1, 0.15) is 0 Å². The molecule has 0 aliphatic heterocycles. The van der Waals surface area contributed by atoms with Crippen molar-refractivity contribution in [3.63, 3.8) is 0 Å². The largest absolute Gasteiger partial charge is 0.327 e. The van der Waals surface area contributed by atoms with Crippen molar-refractivity contribution in [1.82, 2.24) is 0 Å². The predicted octanol–water partition coefficient (Wildman–Crippen LogP) is 1.87. The average Bonchev–Trinajstić information content (AvgIpc) is 1.77. The molecule has 1 atom stereocenters. The van der Waals surface area contributed by atoms with Crippen LogP contribution in [0.1, 0.15) is 26.2 Å².